The summed E-state index contributed by atoms with van der Waals surface area (Å²) in [4.78, 5) is 27.7. The van der Waals surface area contributed by atoms with Crippen LogP contribution in [0.3, 0.4) is 0 Å². The minimum Gasteiger partial charge on any atom is -0.475 e. The SMILES string of the molecule is O=C(NC[C@@H]1CO[C@@H]2CN(Cc3nccs3)C[C@H]12)c1ccsc1.O=C(O)C(F)(F)F. The standard InChI is InChI=1S/C16H19N3O2S2.C2HF3O2/c20-16(11-1-3-22-10-11)18-5-12-9-21-14-7-19(6-13(12)14)8-15-17-2-4-23-15;3-2(4,5)1(6)7/h1-4,10,12-14H,5-9H2,(H,18,20);(H,6,7)/t12-,13-,14-;/m1./s1. The van der Waals surface area contributed by atoms with Gasteiger partial charge in [0, 0.05) is 54.0 Å². The maximum absolute atomic E-state index is 12.1. The monoisotopic (exact) mass is 463 g/mol. The van der Waals surface area contributed by atoms with Crippen LogP contribution in [0.1, 0.15) is 15.4 Å². The van der Waals surface area contributed by atoms with E-state index in [0.29, 0.717) is 24.5 Å². The molecule has 0 radical (unpaired) electrons. The Labute approximate surface area is 178 Å². The van der Waals surface area contributed by atoms with Crippen LogP contribution < -0.4 is 5.32 Å². The topological polar surface area (TPSA) is 91.8 Å². The van der Waals surface area contributed by atoms with Crippen LogP contribution in [0.4, 0.5) is 13.2 Å². The normalized spacial score (nSPS) is 23.5. The van der Waals surface area contributed by atoms with Crippen molar-refractivity contribution in [2.24, 2.45) is 11.8 Å². The van der Waals surface area contributed by atoms with Crippen LogP contribution in [0.5, 0.6) is 0 Å². The van der Waals surface area contributed by atoms with Gasteiger partial charge in [-0.25, -0.2) is 9.78 Å². The van der Waals surface area contributed by atoms with Crippen molar-refractivity contribution in [3.8, 4) is 0 Å². The van der Waals surface area contributed by atoms with Gasteiger partial charge in [0.05, 0.1) is 19.3 Å². The molecule has 0 saturated carbocycles. The number of alkyl halides is 3. The molecule has 2 aliphatic rings. The number of fused-ring (bicyclic) bond motifs is 1. The van der Waals surface area contributed by atoms with Gasteiger partial charge in [0.15, 0.2) is 0 Å². The number of hydrogen-bond acceptors (Lipinski definition) is 7. The summed E-state index contributed by atoms with van der Waals surface area (Å²) in [5, 5.41) is 17.2. The highest BCUT2D eigenvalue weighted by Crippen LogP contribution is 2.34. The molecule has 2 N–H and O–H groups in total. The molecule has 0 aromatic carbocycles. The molecule has 7 nitrogen and oxygen atoms in total. The van der Waals surface area contributed by atoms with Gasteiger partial charge in [0.25, 0.3) is 5.91 Å². The van der Waals surface area contributed by atoms with Crippen LogP contribution in [0.15, 0.2) is 28.4 Å². The highest BCUT2D eigenvalue weighted by Gasteiger charge is 2.43. The van der Waals surface area contributed by atoms with Crippen molar-refractivity contribution in [1.29, 1.82) is 0 Å². The Morgan fingerprint density at radius 3 is 2.70 bits per heavy atom. The first-order valence-corrected chi connectivity index (χ1v) is 10.9. The number of carbonyl (C=O) groups excluding carboxylic acids is 1. The quantitative estimate of drug-likeness (QED) is 0.709. The lowest BCUT2D eigenvalue weighted by molar-refractivity contribution is -0.192. The molecule has 164 valence electrons. The number of amides is 1. The number of aromatic nitrogens is 1. The number of nitrogens with one attached hydrogen (secondary N) is 1. The fraction of sp³-hybridized carbons (Fsp3) is 0.500. The van der Waals surface area contributed by atoms with E-state index in [4.69, 9.17) is 14.6 Å². The molecular formula is C18H20F3N3O4S2. The van der Waals surface area contributed by atoms with Gasteiger partial charge >= 0.3 is 12.1 Å². The number of rotatable bonds is 5. The highest BCUT2D eigenvalue weighted by molar-refractivity contribution is 7.09. The fourth-order valence-corrected chi connectivity index (χ4v) is 4.75. The molecule has 2 saturated heterocycles. The van der Waals surface area contributed by atoms with Gasteiger partial charge in [-0.1, -0.05) is 0 Å². The highest BCUT2D eigenvalue weighted by atomic mass is 32.1. The fourth-order valence-electron chi connectivity index (χ4n) is 3.46. The van der Waals surface area contributed by atoms with Crippen LogP contribution in [0.2, 0.25) is 0 Å². The lowest BCUT2D eigenvalue weighted by atomic mass is 9.93. The van der Waals surface area contributed by atoms with Crippen LogP contribution in [-0.4, -0.2) is 65.4 Å². The maximum atomic E-state index is 12.1. The van der Waals surface area contributed by atoms with Gasteiger partial charge in [-0.2, -0.15) is 24.5 Å². The van der Waals surface area contributed by atoms with Gasteiger partial charge < -0.3 is 15.2 Å². The predicted octanol–water partition coefficient (Wildman–Crippen LogP) is 2.71. The van der Waals surface area contributed by atoms with Crippen molar-refractivity contribution in [2.45, 2.75) is 18.8 Å². The number of thiazole rings is 1. The number of hydrogen-bond donors (Lipinski definition) is 2. The summed E-state index contributed by atoms with van der Waals surface area (Å²) < 4.78 is 37.7. The third-order valence-electron chi connectivity index (χ3n) is 4.91. The van der Waals surface area contributed by atoms with Crippen molar-refractivity contribution in [3.63, 3.8) is 0 Å². The Morgan fingerprint density at radius 2 is 2.10 bits per heavy atom. The minimum atomic E-state index is -5.08. The number of thiophene rings is 1. The summed E-state index contributed by atoms with van der Waals surface area (Å²) in [7, 11) is 0. The van der Waals surface area contributed by atoms with E-state index in [9.17, 15) is 18.0 Å². The number of carboxylic acid groups (broad SMARTS) is 1. The molecule has 30 heavy (non-hydrogen) atoms. The third-order valence-corrected chi connectivity index (χ3v) is 6.36. The lowest BCUT2D eigenvalue weighted by Gasteiger charge is -2.19. The van der Waals surface area contributed by atoms with E-state index >= 15 is 0 Å². The summed E-state index contributed by atoms with van der Waals surface area (Å²) in [5.74, 6) is -1.82. The Balaban J connectivity index is 0.000000318. The second-order valence-corrected chi connectivity index (χ2v) is 8.70. The van der Waals surface area contributed by atoms with E-state index in [1.54, 1.807) is 22.7 Å². The van der Waals surface area contributed by atoms with Crippen LogP contribution in [-0.2, 0) is 16.1 Å². The number of halogens is 3. The second-order valence-electron chi connectivity index (χ2n) is 6.94. The van der Waals surface area contributed by atoms with E-state index in [2.05, 4.69) is 15.2 Å². The smallest absolute Gasteiger partial charge is 0.475 e. The predicted molar refractivity (Wildman–Crippen MR) is 104 cm³/mol. The number of carboxylic acids is 1. The van der Waals surface area contributed by atoms with Gasteiger partial charge in [-0.05, 0) is 11.4 Å². The molecule has 4 rings (SSSR count). The Bertz CT molecular complexity index is 830. The zero-order valence-electron chi connectivity index (χ0n) is 15.7. The van der Waals surface area contributed by atoms with E-state index in [-0.39, 0.29) is 5.91 Å². The average molecular weight is 464 g/mol. The van der Waals surface area contributed by atoms with E-state index < -0.39 is 12.1 Å². The Kier molecular flexibility index (Phi) is 7.45. The average Bonchev–Trinajstić information content (AvgIpc) is 3.45. The Morgan fingerprint density at radius 1 is 1.33 bits per heavy atom. The first kappa shape index (κ1) is 22.7. The van der Waals surface area contributed by atoms with Crippen molar-refractivity contribution >= 4 is 34.6 Å². The molecular weight excluding hydrogens is 443 g/mol. The third kappa shape index (κ3) is 6.00. The van der Waals surface area contributed by atoms with E-state index in [1.165, 1.54) is 0 Å². The summed E-state index contributed by atoms with van der Waals surface area (Å²) >= 11 is 3.25. The molecule has 1 amide bonds. The van der Waals surface area contributed by atoms with Gasteiger partial charge in [-0.3, -0.25) is 9.69 Å². The van der Waals surface area contributed by atoms with Crippen LogP contribution in [0, 0.1) is 11.8 Å². The molecule has 0 spiro atoms. The second kappa shape index (κ2) is 9.86. The Hall–Kier alpha value is -2.02. The van der Waals surface area contributed by atoms with Gasteiger partial charge in [0.1, 0.15) is 5.01 Å². The minimum absolute atomic E-state index is 0.0207. The molecule has 2 fully saturated rings. The van der Waals surface area contributed by atoms with Crippen molar-refractivity contribution in [3.05, 3.63) is 39.0 Å². The first-order chi connectivity index (χ1) is 14.2. The molecule has 2 aromatic rings. The zero-order valence-corrected chi connectivity index (χ0v) is 17.3. The van der Waals surface area contributed by atoms with E-state index in [1.807, 2.05) is 28.4 Å². The van der Waals surface area contributed by atoms with E-state index in [0.717, 1.165) is 36.8 Å². The molecule has 2 aliphatic heterocycles. The molecule has 0 aliphatic carbocycles. The number of likely N-dealkylation sites (tertiary alicyclic amines) is 1. The zero-order chi connectivity index (χ0) is 21.7. The van der Waals surface area contributed by atoms with Crippen molar-refractivity contribution in [2.75, 3.05) is 26.2 Å². The van der Waals surface area contributed by atoms with Crippen molar-refractivity contribution < 1.29 is 32.6 Å². The molecule has 0 unspecified atom stereocenters. The lowest BCUT2D eigenvalue weighted by Crippen LogP contribution is -2.34. The van der Waals surface area contributed by atoms with Crippen molar-refractivity contribution in [1.82, 2.24) is 15.2 Å². The number of ether oxygens (including phenoxy) is 1. The largest absolute Gasteiger partial charge is 0.490 e. The molecule has 0 bridgehead atoms. The van der Waals surface area contributed by atoms with Gasteiger partial charge in [-0.15, -0.1) is 11.3 Å². The number of nitrogens with zero attached hydrogens (tertiary/aromatic N) is 2. The summed E-state index contributed by atoms with van der Waals surface area (Å²) in [6.45, 7) is 4.36. The summed E-state index contributed by atoms with van der Waals surface area (Å²) in [6, 6.07) is 1.86. The number of aliphatic carboxylic acids is 1. The van der Waals surface area contributed by atoms with Crippen LogP contribution >= 0.6 is 22.7 Å². The summed E-state index contributed by atoms with van der Waals surface area (Å²) in [5.41, 5.74) is 0.752. The summed E-state index contributed by atoms with van der Waals surface area (Å²) in [6.07, 6.45) is -2.92. The molecule has 12 heteroatoms. The van der Waals surface area contributed by atoms with Crippen LogP contribution in [0.25, 0.3) is 0 Å². The number of carbonyl (C=O) groups is 2. The van der Waals surface area contributed by atoms with Gasteiger partial charge in [0.2, 0.25) is 0 Å². The first-order valence-electron chi connectivity index (χ1n) is 9.07. The molecule has 3 atom stereocenters. The molecule has 2 aromatic heterocycles. The molecule has 4 heterocycles. The maximum Gasteiger partial charge on any atom is 0.490 e.